The first-order valence-electron chi connectivity index (χ1n) is 6.26. The normalized spacial score (nSPS) is 19.3. The van der Waals surface area contributed by atoms with Crippen molar-refractivity contribution in [3.8, 4) is 0 Å². The second-order valence-electron chi connectivity index (χ2n) is 5.24. The molecule has 92 valence electrons. The number of nitrogens with one attached hydrogen (secondary N) is 1. The smallest absolute Gasteiger partial charge is 0.353 e. The van der Waals surface area contributed by atoms with Crippen LogP contribution in [0, 0.1) is 11.8 Å². The third-order valence-corrected chi connectivity index (χ3v) is 3.47. The molecule has 1 aromatic heterocycles. The number of anilines is 1. The van der Waals surface area contributed by atoms with Gasteiger partial charge in [0.15, 0.2) is 5.82 Å². The summed E-state index contributed by atoms with van der Waals surface area (Å²) in [7, 11) is 0. The van der Waals surface area contributed by atoms with E-state index in [2.05, 4.69) is 15.1 Å². The van der Waals surface area contributed by atoms with Crippen molar-refractivity contribution in [1.29, 1.82) is 0 Å². The molecule has 0 amide bonds. The molecule has 2 aliphatic rings. The molecule has 5 heteroatoms. The third kappa shape index (κ3) is 2.60. The molecule has 0 spiro atoms. The molecular formula is C12H17N3O2. The average molecular weight is 235 g/mol. The van der Waals surface area contributed by atoms with E-state index in [0.717, 1.165) is 30.7 Å². The fraction of sp³-hybridized carbons (Fsp3) is 0.667. The standard InChI is InChI=1S/C12H17N3O2/c16-12(17)10-5-11(14-13-10)15(6-8-1-2-8)7-9-3-4-9/h5,8-9H,1-4,6-7H2,(H,13,14)(H,16,17). The molecule has 0 radical (unpaired) electrons. The van der Waals surface area contributed by atoms with E-state index in [0.29, 0.717) is 0 Å². The molecule has 5 nitrogen and oxygen atoms in total. The molecule has 2 saturated carbocycles. The second-order valence-corrected chi connectivity index (χ2v) is 5.24. The lowest BCUT2D eigenvalue weighted by molar-refractivity contribution is 0.0690. The van der Waals surface area contributed by atoms with Crippen molar-refractivity contribution in [3.05, 3.63) is 11.8 Å². The first-order valence-corrected chi connectivity index (χ1v) is 6.26. The number of carboxylic acids is 1. The number of aromatic amines is 1. The molecule has 1 heterocycles. The molecule has 0 atom stereocenters. The monoisotopic (exact) mass is 235 g/mol. The van der Waals surface area contributed by atoms with Crippen LogP contribution in [0.15, 0.2) is 6.07 Å². The molecule has 0 aromatic carbocycles. The van der Waals surface area contributed by atoms with E-state index in [4.69, 9.17) is 5.11 Å². The first kappa shape index (κ1) is 10.6. The van der Waals surface area contributed by atoms with Crippen LogP contribution >= 0.6 is 0 Å². The highest BCUT2D eigenvalue weighted by molar-refractivity contribution is 5.86. The van der Waals surface area contributed by atoms with Crippen LogP contribution in [0.5, 0.6) is 0 Å². The Balaban J connectivity index is 1.72. The highest BCUT2D eigenvalue weighted by Gasteiger charge is 2.30. The van der Waals surface area contributed by atoms with Gasteiger partial charge in [-0.15, -0.1) is 0 Å². The molecule has 0 aliphatic heterocycles. The van der Waals surface area contributed by atoms with E-state index in [1.807, 2.05) is 0 Å². The lowest BCUT2D eigenvalue weighted by atomic mass is 10.3. The summed E-state index contributed by atoms with van der Waals surface area (Å²) in [6, 6.07) is 1.65. The van der Waals surface area contributed by atoms with Crippen molar-refractivity contribution in [2.75, 3.05) is 18.0 Å². The van der Waals surface area contributed by atoms with Gasteiger partial charge in [-0.05, 0) is 37.5 Å². The molecular weight excluding hydrogens is 218 g/mol. The zero-order chi connectivity index (χ0) is 11.8. The number of hydrogen-bond acceptors (Lipinski definition) is 3. The van der Waals surface area contributed by atoms with Crippen LogP contribution < -0.4 is 4.90 Å². The van der Waals surface area contributed by atoms with Gasteiger partial charge in [0.1, 0.15) is 5.69 Å². The van der Waals surface area contributed by atoms with Gasteiger partial charge in [0.2, 0.25) is 0 Å². The molecule has 0 unspecified atom stereocenters. The lowest BCUT2D eigenvalue weighted by Gasteiger charge is -2.21. The Bertz CT molecular complexity index is 407. The Morgan fingerprint density at radius 1 is 1.35 bits per heavy atom. The maximum Gasteiger partial charge on any atom is 0.353 e. The Morgan fingerprint density at radius 3 is 2.35 bits per heavy atom. The molecule has 2 N–H and O–H groups in total. The van der Waals surface area contributed by atoms with Crippen molar-refractivity contribution in [3.63, 3.8) is 0 Å². The summed E-state index contributed by atoms with van der Waals surface area (Å²) in [5, 5.41) is 15.6. The largest absolute Gasteiger partial charge is 0.477 e. The highest BCUT2D eigenvalue weighted by Crippen LogP contribution is 2.35. The maximum absolute atomic E-state index is 10.8. The summed E-state index contributed by atoms with van der Waals surface area (Å²) < 4.78 is 0. The zero-order valence-electron chi connectivity index (χ0n) is 9.72. The minimum absolute atomic E-state index is 0.177. The molecule has 0 saturated heterocycles. The van der Waals surface area contributed by atoms with Gasteiger partial charge in [-0.1, -0.05) is 0 Å². The summed E-state index contributed by atoms with van der Waals surface area (Å²) in [4.78, 5) is 13.1. The summed E-state index contributed by atoms with van der Waals surface area (Å²) in [5.41, 5.74) is 0.177. The van der Waals surface area contributed by atoms with E-state index in [1.54, 1.807) is 6.07 Å². The van der Waals surface area contributed by atoms with Crippen LogP contribution in [-0.2, 0) is 0 Å². The predicted octanol–water partition coefficient (Wildman–Crippen LogP) is 1.73. The van der Waals surface area contributed by atoms with Crippen LogP contribution in [0.25, 0.3) is 0 Å². The molecule has 2 fully saturated rings. The second kappa shape index (κ2) is 4.05. The van der Waals surface area contributed by atoms with E-state index in [-0.39, 0.29) is 5.69 Å². The van der Waals surface area contributed by atoms with Crippen molar-refractivity contribution >= 4 is 11.8 Å². The van der Waals surface area contributed by atoms with Crippen LogP contribution in [0.4, 0.5) is 5.82 Å². The van der Waals surface area contributed by atoms with Crippen molar-refractivity contribution < 1.29 is 9.90 Å². The molecule has 2 aliphatic carbocycles. The number of carboxylic acid groups (broad SMARTS) is 1. The number of hydrogen-bond donors (Lipinski definition) is 2. The minimum Gasteiger partial charge on any atom is -0.477 e. The molecule has 3 rings (SSSR count). The van der Waals surface area contributed by atoms with Gasteiger partial charge in [0.25, 0.3) is 0 Å². The highest BCUT2D eigenvalue weighted by atomic mass is 16.4. The molecule has 0 bridgehead atoms. The van der Waals surface area contributed by atoms with Gasteiger partial charge >= 0.3 is 5.97 Å². The Hall–Kier alpha value is -1.52. The summed E-state index contributed by atoms with van der Waals surface area (Å²) in [5.74, 6) is 1.43. The van der Waals surface area contributed by atoms with Gasteiger partial charge in [0, 0.05) is 19.2 Å². The lowest BCUT2D eigenvalue weighted by Crippen LogP contribution is -2.28. The van der Waals surface area contributed by atoms with Gasteiger partial charge in [0.05, 0.1) is 0 Å². The van der Waals surface area contributed by atoms with Gasteiger partial charge in [-0.3, -0.25) is 5.10 Å². The third-order valence-electron chi connectivity index (χ3n) is 3.47. The molecule has 1 aromatic rings. The van der Waals surface area contributed by atoms with Crippen molar-refractivity contribution in [2.45, 2.75) is 25.7 Å². The van der Waals surface area contributed by atoms with Crippen LogP contribution in [-0.4, -0.2) is 34.4 Å². The van der Waals surface area contributed by atoms with Gasteiger partial charge < -0.3 is 10.0 Å². The number of rotatable bonds is 6. The number of H-pyrrole nitrogens is 1. The fourth-order valence-corrected chi connectivity index (χ4v) is 2.07. The van der Waals surface area contributed by atoms with Crippen LogP contribution in [0.3, 0.4) is 0 Å². The maximum atomic E-state index is 10.8. The van der Waals surface area contributed by atoms with E-state index >= 15 is 0 Å². The molecule has 17 heavy (non-hydrogen) atoms. The van der Waals surface area contributed by atoms with Gasteiger partial charge in [-0.2, -0.15) is 5.10 Å². The average Bonchev–Trinajstić information content (AvgIpc) is 3.21. The van der Waals surface area contributed by atoms with E-state index < -0.39 is 5.97 Å². The predicted molar refractivity (Wildman–Crippen MR) is 63.2 cm³/mol. The first-order chi connectivity index (χ1) is 8.22. The number of nitrogens with zero attached hydrogens (tertiary/aromatic N) is 2. The summed E-state index contributed by atoms with van der Waals surface area (Å²) >= 11 is 0. The number of aromatic carboxylic acids is 1. The van der Waals surface area contributed by atoms with E-state index in [1.165, 1.54) is 25.7 Å². The fourth-order valence-electron chi connectivity index (χ4n) is 2.07. The summed E-state index contributed by atoms with van der Waals surface area (Å²) in [6.07, 6.45) is 5.21. The summed E-state index contributed by atoms with van der Waals surface area (Å²) in [6.45, 7) is 2.06. The Morgan fingerprint density at radius 2 is 1.94 bits per heavy atom. The SMILES string of the molecule is O=C(O)c1cc(N(CC2CC2)CC2CC2)n[nH]1. The number of aromatic nitrogens is 2. The topological polar surface area (TPSA) is 69.2 Å². The van der Waals surface area contributed by atoms with Crippen LogP contribution in [0.2, 0.25) is 0 Å². The number of carbonyl (C=O) groups is 1. The Kier molecular flexibility index (Phi) is 2.53. The van der Waals surface area contributed by atoms with Crippen LogP contribution in [0.1, 0.15) is 36.2 Å². The van der Waals surface area contributed by atoms with Crippen molar-refractivity contribution in [2.24, 2.45) is 11.8 Å². The van der Waals surface area contributed by atoms with E-state index in [9.17, 15) is 4.79 Å². The Labute approximate surface area is 99.8 Å². The quantitative estimate of drug-likeness (QED) is 0.788. The minimum atomic E-state index is -0.943. The zero-order valence-corrected chi connectivity index (χ0v) is 9.72. The van der Waals surface area contributed by atoms with Crippen molar-refractivity contribution in [1.82, 2.24) is 10.2 Å². The van der Waals surface area contributed by atoms with Gasteiger partial charge in [-0.25, -0.2) is 4.79 Å².